The molecule has 0 N–H and O–H groups in total. The zero-order chi connectivity index (χ0) is 20.8. The average molecular weight is 418 g/mol. The van der Waals surface area contributed by atoms with Gasteiger partial charge in [-0.25, -0.2) is 0 Å². The smallest absolute Gasteiger partial charge is 0.316 e. The van der Waals surface area contributed by atoms with Crippen molar-refractivity contribution in [2.45, 2.75) is 11.7 Å². The fourth-order valence-corrected chi connectivity index (χ4v) is 4.74. The maximum atomic E-state index is 12.5. The molecule has 0 radical (unpaired) electrons. The zero-order valence-corrected chi connectivity index (χ0v) is 17.4. The number of carbonyl (C=O) groups is 2. The zero-order valence-electron chi connectivity index (χ0n) is 16.6. The van der Waals surface area contributed by atoms with Gasteiger partial charge in [0.25, 0.3) is 5.91 Å². The van der Waals surface area contributed by atoms with Crippen LogP contribution in [0.4, 0.5) is 5.69 Å². The minimum absolute atomic E-state index is 0.0288. The predicted molar refractivity (Wildman–Crippen MR) is 121 cm³/mol. The van der Waals surface area contributed by atoms with Crippen molar-refractivity contribution in [3.63, 3.8) is 0 Å². The quantitative estimate of drug-likeness (QED) is 0.526. The lowest BCUT2D eigenvalue weighted by molar-refractivity contribution is -0.145. The summed E-state index contributed by atoms with van der Waals surface area (Å²) in [6.45, 7) is 0.406. The Kier molecular flexibility index (Phi) is 6.50. The molecule has 0 spiro atoms. The number of hydrogen-bond acceptors (Lipinski definition) is 4. The van der Waals surface area contributed by atoms with Crippen molar-refractivity contribution < 1.29 is 14.3 Å². The molecule has 0 fully saturated rings. The van der Waals surface area contributed by atoms with E-state index in [9.17, 15) is 9.59 Å². The van der Waals surface area contributed by atoms with Gasteiger partial charge in [0, 0.05) is 12.2 Å². The summed E-state index contributed by atoms with van der Waals surface area (Å²) in [6.07, 6.45) is 0.835. The third-order valence-electron chi connectivity index (χ3n) is 5.12. The summed E-state index contributed by atoms with van der Waals surface area (Å²) >= 11 is 1.51. The van der Waals surface area contributed by atoms with Crippen LogP contribution >= 0.6 is 11.8 Å². The average Bonchev–Trinajstić information content (AvgIpc) is 3.23. The molecule has 0 aromatic heterocycles. The number of para-hydroxylation sites is 1. The molecule has 0 aliphatic carbocycles. The van der Waals surface area contributed by atoms with E-state index < -0.39 is 0 Å². The van der Waals surface area contributed by atoms with Crippen LogP contribution in [0.15, 0.2) is 84.9 Å². The van der Waals surface area contributed by atoms with E-state index in [4.69, 9.17) is 4.74 Å². The first-order valence-electron chi connectivity index (χ1n) is 9.98. The third kappa shape index (κ3) is 4.74. The maximum absolute atomic E-state index is 12.5. The number of anilines is 1. The van der Waals surface area contributed by atoms with Crippen LogP contribution in [-0.2, 0) is 20.7 Å². The summed E-state index contributed by atoms with van der Waals surface area (Å²) in [4.78, 5) is 26.6. The molecule has 1 aliphatic rings. The standard InChI is InChI=1S/C25H23NO3S/c27-23(26-16-15-19-9-7-8-14-22(19)26)17-29-24(28)18-30-25(20-10-3-1-4-11-20)21-12-5-2-6-13-21/h1-14,25H,15-18H2. The van der Waals surface area contributed by atoms with Crippen molar-refractivity contribution in [3.05, 3.63) is 102 Å². The Morgan fingerprint density at radius 3 is 2.13 bits per heavy atom. The first-order valence-corrected chi connectivity index (χ1v) is 11.0. The van der Waals surface area contributed by atoms with E-state index in [0.29, 0.717) is 6.54 Å². The van der Waals surface area contributed by atoms with E-state index in [2.05, 4.69) is 24.3 Å². The van der Waals surface area contributed by atoms with Gasteiger partial charge in [0.1, 0.15) is 0 Å². The molecular formula is C25H23NO3S. The van der Waals surface area contributed by atoms with Gasteiger partial charge < -0.3 is 9.64 Å². The first-order chi connectivity index (χ1) is 14.7. The largest absolute Gasteiger partial charge is 0.455 e. The molecule has 4 nitrogen and oxygen atoms in total. The van der Waals surface area contributed by atoms with Crippen LogP contribution in [0.1, 0.15) is 21.9 Å². The minimum Gasteiger partial charge on any atom is -0.455 e. The topological polar surface area (TPSA) is 46.6 Å². The van der Waals surface area contributed by atoms with Gasteiger partial charge in [0.05, 0.1) is 11.0 Å². The molecule has 1 heterocycles. The van der Waals surface area contributed by atoms with E-state index >= 15 is 0 Å². The molecule has 0 saturated carbocycles. The highest BCUT2D eigenvalue weighted by Crippen LogP contribution is 2.35. The van der Waals surface area contributed by atoms with Crippen LogP contribution in [0.25, 0.3) is 0 Å². The van der Waals surface area contributed by atoms with E-state index in [1.165, 1.54) is 11.8 Å². The van der Waals surface area contributed by atoms with Crippen LogP contribution in [0.3, 0.4) is 0 Å². The molecule has 152 valence electrons. The molecular weight excluding hydrogens is 394 g/mol. The fourth-order valence-electron chi connectivity index (χ4n) is 3.65. The highest BCUT2D eigenvalue weighted by atomic mass is 32.2. The summed E-state index contributed by atoms with van der Waals surface area (Å²) in [6, 6.07) is 28.0. The lowest BCUT2D eigenvalue weighted by atomic mass is 10.0. The molecule has 4 rings (SSSR count). The van der Waals surface area contributed by atoms with Gasteiger partial charge in [-0.15, -0.1) is 11.8 Å². The Morgan fingerprint density at radius 2 is 1.47 bits per heavy atom. The third-order valence-corrected chi connectivity index (χ3v) is 6.40. The van der Waals surface area contributed by atoms with Crippen LogP contribution in [0, 0.1) is 0 Å². The minimum atomic E-state index is -0.377. The summed E-state index contributed by atoms with van der Waals surface area (Å²) in [5.41, 5.74) is 4.33. The number of esters is 1. The molecule has 0 saturated heterocycles. The number of ether oxygens (including phenoxy) is 1. The monoisotopic (exact) mass is 417 g/mol. The molecule has 30 heavy (non-hydrogen) atoms. The van der Waals surface area contributed by atoms with Crippen molar-refractivity contribution in [1.82, 2.24) is 0 Å². The Balaban J connectivity index is 1.34. The molecule has 0 bridgehead atoms. The van der Waals surface area contributed by atoms with Gasteiger partial charge in [0.2, 0.25) is 0 Å². The Hall–Kier alpha value is -3.05. The molecule has 1 amide bonds. The molecule has 0 unspecified atom stereocenters. The van der Waals surface area contributed by atoms with Crippen molar-refractivity contribution in [3.8, 4) is 0 Å². The summed E-state index contributed by atoms with van der Waals surface area (Å²) in [7, 11) is 0. The normalized spacial score (nSPS) is 12.6. The molecule has 0 atom stereocenters. The number of fused-ring (bicyclic) bond motifs is 1. The van der Waals surface area contributed by atoms with Gasteiger partial charge in [-0.3, -0.25) is 9.59 Å². The van der Waals surface area contributed by atoms with Crippen molar-refractivity contribution in [1.29, 1.82) is 0 Å². The van der Waals surface area contributed by atoms with E-state index in [-0.39, 0.29) is 29.5 Å². The van der Waals surface area contributed by atoms with Crippen LogP contribution < -0.4 is 4.90 Å². The second-order valence-corrected chi connectivity index (χ2v) is 8.19. The van der Waals surface area contributed by atoms with Crippen LogP contribution in [0.5, 0.6) is 0 Å². The molecule has 1 aliphatic heterocycles. The second-order valence-electron chi connectivity index (χ2n) is 7.10. The van der Waals surface area contributed by atoms with E-state index in [1.807, 2.05) is 60.7 Å². The summed E-state index contributed by atoms with van der Waals surface area (Å²) in [5, 5.41) is 0.0288. The van der Waals surface area contributed by atoms with Gasteiger partial charge >= 0.3 is 5.97 Å². The summed E-state index contributed by atoms with van der Waals surface area (Å²) < 4.78 is 5.30. The van der Waals surface area contributed by atoms with E-state index in [1.54, 1.807) is 4.90 Å². The van der Waals surface area contributed by atoms with Gasteiger partial charge in [-0.1, -0.05) is 78.9 Å². The number of amides is 1. The van der Waals surface area contributed by atoms with E-state index in [0.717, 1.165) is 28.8 Å². The highest BCUT2D eigenvalue weighted by molar-refractivity contribution is 8.00. The van der Waals surface area contributed by atoms with Crippen molar-refractivity contribution in [2.75, 3.05) is 23.8 Å². The number of benzene rings is 3. The van der Waals surface area contributed by atoms with Crippen LogP contribution in [-0.4, -0.2) is 30.8 Å². The van der Waals surface area contributed by atoms with Gasteiger partial charge in [-0.05, 0) is 29.2 Å². The predicted octanol–water partition coefficient (Wildman–Crippen LogP) is 4.64. The molecule has 3 aromatic carbocycles. The fraction of sp³-hybridized carbons (Fsp3) is 0.200. The first kappa shape index (κ1) is 20.2. The number of rotatable bonds is 7. The number of hydrogen-bond donors (Lipinski definition) is 0. The van der Waals surface area contributed by atoms with Crippen molar-refractivity contribution in [2.24, 2.45) is 0 Å². The maximum Gasteiger partial charge on any atom is 0.316 e. The second kappa shape index (κ2) is 9.63. The lowest BCUT2D eigenvalue weighted by Crippen LogP contribution is -2.33. The number of carbonyl (C=O) groups excluding carboxylic acids is 2. The van der Waals surface area contributed by atoms with Crippen molar-refractivity contribution >= 4 is 29.3 Å². The Labute approximate surface area is 180 Å². The Bertz CT molecular complexity index is 968. The lowest BCUT2D eigenvalue weighted by Gasteiger charge is -2.18. The van der Waals surface area contributed by atoms with Crippen LogP contribution in [0.2, 0.25) is 0 Å². The van der Waals surface area contributed by atoms with Gasteiger partial charge in [0.15, 0.2) is 6.61 Å². The SMILES string of the molecule is O=C(CSC(c1ccccc1)c1ccccc1)OCC(=O)N1CCc2ccccc21. The molecule has 5 heteroatoms. The van der Waals surface area contributed by atoms with Gasteiger partial charge in [-0.2, -0.15) is 0 Å². The number of thioether (sulfide) groups is 1. The Morgan fingerprint density at radius 1 is 0.867 bits per heavy atom. The highest BCUT2D eigenvalue weighted by Gasteiger charge is 2.25. The number of nitrogens with zero attached hydrogens (tertiary/aromatic N) is 1. The summed E-state index contributed by atoms with van der Waals surface area (Å²) in [5.74, 6) is -0.378. The molecule has 3 aromatic rings.